The first-order chi connectivity index (χ1) is 11.5. The second-order valence-corrected chi connectivity index (χ2v) is 5.71. The van der Waals surface area contributed by atoms with Crippen LogP contribution in [-0.2, 0) is 20.7 Å². The van der Waals surface area contributed by atoms with Crippen LogP contribution < -0.4 is 5.32 Å². The Kier molecular flexibility index (Phi) is 4.52. The normalized spacial score (nSPS) is 10.8. The van der Waals surface area contributed by atoms with Crippen molar-refractivity contribution in [3.05, 3.63) is 53.3 Å². The molecule has 1 N–H and O–H groups in total. The van der Waals surface area contributed by atoms with E-state index in [1.165, 1.54) is 11.3 Å². The number of imidazole rings is 1. The first-order valence-corrected chi connectivity index (χ1v) is 7.71. The van der Waals surface area contributed by atoms with Crippen LogP contribution in [0, 0.1) is 11.6 Å². The maximum Gasteiger partial charge on any atom is 0.312 e. The number of ether oxygens (including phenoxy) is 1. The number of hydrogen-bond donors (Lipinski definition) is 1. The van der Waals surface area contributed by atoms with Crippen LogP contribution in [0.4, 0.5) is 14.5 Å². The van der Waals surface area contributed by atoms with E-state index in [1.807, 2.05) is 11.6 Å². The summed E-state index contributed by atoms with van der Waals surface area (Å²) in [6.07, 6.45) is 3.41. The molecule has 3 rings (SSSR count). The fourth-order valence-corrected chi connectivity index (χ4v) is 2.70. The van der Waals surface area contributed by atoms with E-state index in [2.05, 4.69) is 10.3 Å². The first kappa shape index (κ1) is 16.1. The van der Waals surface area contributed by atoms with Gasteiger partial charge in [-0.15, -0.1) is 11.3 Å². The van der Waals surface area contributed by atoms with Crippen molar-refractivity contribution in [2.75, 3.05) is 11.9 Å². The van der Waals surface area contributed by atoms with Crippen LogP contribution >= 0.6 is 11.3 Å². The molecule has 0 aliphatic heterocycles. The number of halogens is 2. The number of thiazole rings is 1. The molecule has 1 amide bonds. The first-order valence-electron chi connectivity index (χ1n) is 6.83. The van der Waals surface area contributed by atoms with Crippen LogP contribution in [0.25, 0.3) is 4.96 Å². The van der Waals surface area contributed by atoms with Gasteiger partial charge in [0.15, 0.2) is 11.6 Å². The molecule has 0 saturated heterocycles. The smallest absolute Gasteiger partial charge is 0.312 e. The van der Waals surface area contributed by atoms with Crippen molar-refractivity contribution in [2.24, 2.45) is 0 Å². The fraction of sp³-hybridized carbons (Fsp3) is 0.133. The van der Waals surface area contributed by atoms with Crippen molar-refractivity contribution in [2.45, 2.75) is 6.42 Å². The largest absolute Gasteiger partial charge is 0.455 e. The molecule has 2 aromatic heterocycles. The summed E-state index contributed by atoms with van der Waals surface area (Å²) in [4.78, 5) is 28.3. The molecule has 9 heteroatoms. The van der Waals surface area contributed by atoms with Gasteiger partial charge in [-0.2, -0.15) is 0 Å². The molecule has 0 fully saturated rings. The van der Waals surface area contributed by atoms with Gasteiger partial charge in [0, 0.05) is 23.8 Å². The molecule has 0 saturated carbocycles. The summed E-state index contributed by atoms with van der Waals surface area (Å²) in [6.45, 7) is -0.600. The zero-order valence-electron chi connectivity index (χ0n) is 12.2. The van der Waals surface area contributed by atoms with E-state index in [9.17, 15) is 18.4 Å². The molecule has 1 aromatic carbocycles. The zero-order valence-corrected chi connectivity index (χ0v) is 13.0. The van der Waals surface area contributed by atoms with E-state index in [0.717, 1.165) is 23.2 Å². The van der Waals surface area contributed by atoms with Crippen molar-refractivity contribution >= 4 is 33.9 Å². The number of benzene rings is 1. The van der Waals surface area contributed by atoms with E-state index < -0.39 is 30.1 Å². The maximum absolute atomic E-state index is 13.4. The molecule has 0 aliphatic rings. The Morgan fingerprint density at radius 3 is 2.96 bits per heavy atom. The fourth-order valence-electron chi connectivity index (χ4n) is 1.99. The van der Waals surface area contributed by atoms with Gasteiger partial charge in [-0.05, 0) is 12.1 Å². The highest BCUT2D eigenvalue weighted by atomic mass is 32.1. The topological polar surface area (TPSA) is 72.7 Å². The number of rotatable bonds is 5. The minimum Gasteiger partial charge on any atom is -0.455 e. The van der Waals surface area contributed by atoms with E-state index in [0.29, 0.717) is 5.69 Å². The van der Waals surface area contributed by atoms with Crippen LogP contribution in [0.5, 0.6) is 0 Å². The van der Waals surface area contributed by atoms with Crippen LogP contribution in [0.1, 0.15) is 5.69 Å². The third-order valence-corrected chi connectivity index (χ3v) is 3.81. The second-order valence-electron chi connectivity index (χ2n) is 4.83. The minimum absolute atomic E-state index is 0.0873. The molecule has 124 valence electrons. The molecule has 0 aliphatic carbocycles. The summed E-state index contributed by atoms with van der Waals surface area (Å²) in [7, 11) is 0. The maximum atomic E-state index is 13.4. The Morgan fingerprint density at radius 2 is 2.17 bits per heavy atom. The lowest BCUT2D eigenvalue weighted by molar-refractivity contribution is -0.146. The zero-order chi connectivity index (χ0) is 17.1. The van der Waals surface area contributed by atoms with Crippen LogP contribution in [-0.4, -0.2) is 27.9 Å². The van der Waals surface area contributed by atoms with Crippen LogP contribution in [0.3, 0.4) is 0 Å². The third kappa shape index (κ3) is 3.74. The lowest BCUT2D eigenvalue weighted by Gasteiger charge is -2.07. The lowest BCUT2D eigenvalue weighted by atomic mass is 10.3. The number of fused-ring (bicyclic) bond motifs is 1. The number of amides is 1. The predicted octanol–water partition coefficient (Wildman–Crippen LogP) is 2.40. The van der Waals surface area contributed by atoms with Gasteiger partial charge in [-0.1, -0.05) is 0 Å². The number of aromatic nitrogens is 2. The van der Waals surface area contributed by atoms with Gasteiger partial charge >= 0.3 is 5.97 Å². The molecule has 2 heterocycles. The molecule has 3 aromatic rings. The standard InChI is InChI=1S/C15H11F2N3O3S/c16-9-1-2-11(17)12(5-9)19-13(21)8-23-14(22)6-10-7-20-3-4-24-15(20)18-10/h1-5,7H,6,8H2,(H,19,21). The summed E-state index contributed by atoms with van der Waals surface area (Å²) >= 11 is 1.43. The summed E-state index contributed by atoms with van der Waals surface area (Å²) < 4.78 is 33.0. The van der Waals surface area contributed by atoms with E-state index in [4.69, 9.17) is 4.74 Å². The highest BCUT2D eigenvalue weighted by Crippen LogP contribution is 2.15. The minimum atomic E-state index is -0.783. The highest BCUT2D eigenvalue weighted by Gasteiger charge is 2.13. The lowest BCUT2D eigenvalue weighted by Crippen LogP contribution is -2.22. The highest BCUT2D eigenvalue weighted by molar-refractivity contribution is 7.15. The Labute approximate surface area is 138 Å². The number of carbonyl (C=O) groups excluding carboxylic acids is 2. The van der Waals surface area contributed by atoms with Crippen molar-refractivity contribution in [1.29, 1.82) is 0 Å². The van der Waals surface area contributed by atoms with Gasteiger partial charge in [-0.3, -0.25) is 14.0 Å². The number of nitrogens with one attached hydrogen (secondary N) is 1. The summed E-state index contributed by atoms with van der Waals surface area (Å²) in [6, 6.07) is 2.66. The van der Waals surface area contributed by atoms with Gasteiger partial charge < -0.3 is 10.1 Å². The van der Waals surface area contributed by atoms with Crippen molar-refractivity contribution in [1.82, 2.24) is 9.38 Å². The summed E-state index contributed by atoms with van der Waals surface area (Å²) in [5, 5.41) is 4.00. The molecular weight excluding hydrogens is 340 g/mol. The van der Waals surface area contributed by atoms with Crippen molar-refractivity contribution in [3.63, 3.8) is 0 Å². The number of hydrogen-bond acceptors (Lipinski definition) is 5. The van der Waals surface area contributed by atoms with Crippen molar-refractivity contribution < 1.29 is 23.1 Å². The number of anilines is 1. The molecule has 0 atom stereocenters. The molecule has 24 heavy (non-hydrogen) atoms. The van der Waals surface area contributed by atoms with Crippen molar-refractivity contribution in [3.8, 4) is 0 Å². The predicted molar refractivity (Wildman–Crippen MR) is 82.7 cm³/mol. The van der Waals surface area contributed by atoms with Gasteiger partial charge in [0.05, 0.1) is 17.8 Å². The molecular formula is C15H11F2N3O3S. The summed E-state index contributed by atoms with van der Waals surface area (Å²) in [5.74, 6) is -2.88. The Balaban J connectivity index is 1.51. The average molecular weight is 351 g/mol. The molecule has 0 spiro atoms. The van der Waals surface area contributed by atoms with Gasteiger partial charge in [-0.25, -0.2) is 13.8 Å². The number of carbonyl (C=O) groups is 2. The van der Waals surface area contributed by atoms with Crippen LogP contribution in [0.15, 0.2) is 36.0 Å². The SMILES string of the molecule is O=C(COC(=O)Cc1cn2ccsc2n1)Nc1cc(F)ccc1F. The average Bonchev–Trinajstić information content (AvgIpc) is 3.10. The van der Waals surface area contributed by atoms with E-state index in [-0.39, 0.29) is 12.1 Å². The third-order valence-electron chi connectivity index (χ3n) is 3.04. The monoisotopic (exact) mass is 351 g/mol. The molecule has 0 unspecified atom stereocenters. The van der Waals surface area contributed by atoms with Crippen LogP contribution in [0.2, 0.25) is 0 Å². The Hall–Kier alpha value is -2.81. The number of nitrogens with zero attached hydrogens (tertiary/aromatic N) is 2. The van der Waals surface area contributed by atoms with Gasteiger partial charge in [0.2, 0.25) is 0 Å². The van der Waals surface area contributed by atoms with E-state index in [1.54, 1.807) is 10.6 Å². The molecule has 0 bridgehead atoms. The van der Waals surface area contributed by atoms with Gasteiger partial charge in [0.25, 0.3) is 5.91 Å². The summed E-state index contributed by atoms with van der Waals surface area (Å²) in [5.41, 5.74) is 0.203. The van der Waals surface area contributed by atoms with Gasteiger partial charge in [0.1, 0.15) is 11.6 Å². The quantitative estimate of drug-likeness (QED) is 0.717. The molecule has 6 nitrogen and oxygen atoms in total. The number of esters is 1. The van der Waals surface area contributed by atoms with E-state index >= 15 is 0 Å². The Morgan fingerprint density at radius 1 is 1.33 bits per heavy atom. The second kappa shape index (κ2) is 6.75. The molecule has 0 radical (unpaired) electrons. The Bertz CT molecular complexity index is 878.